The lowest BCUT2D eigenvalue weighted by Gasteiger charge is -2.10. The maximum atomic E-state index is 12.6. The Labute approximate surface area is 151 Å². The zero-order valence-corrected chi connectivity index (χ0v) is 15.6. The van der Waals surface area contributed by atoms with E-state index < -0.39 is 0 Å². The predicted octanol–water partition coefficient (Wildman–Crippen LogP) is 6.12. The molecule has 116 valence electrons. The molecule has 0 saturated carbocycles. The molecule has 0 aliphatic rings. The first kappa shape index (κ1) is 16.0. The Morgan fingerprint density at radius 2 is 1.87 bits per heavy atom. The molecule has 0 fully saturated rings. The van der Waals surface area contributed by atoms with Gasteiger partial charge in [-0.15, -0.1) is 0 Å². The van der Waals surface area contributed by atoms with Gasteiger partial charge in [0.2, 0.25) is 0 Å². The summed E-state index contributed by atoms with van der Waals surface area (Å²) in [5, 5.41) is 4.05. The molecule has 23 heavy (non-hydrogen) atoms. The van der Waals surface area contributed by atoms with Gasteiger partial charge in [0.15, 0.2) is 0 Å². The standard InChI is InChI=1S/C18H14Br2N2O/c1-12-5-4-8-16-14(12)9-10-22(16)18(23)21-15-7-3-2-6-13(15)11-17(19)20/h2-11H,1H3,(H,21,23). The molecule has 3 nitrogen and oxygen atoms in total. The minimum absolute atomic E-state index is 0.183. The second-order valence-electron chi connectivity index (χ2n) is 5.14. The van der Waals surface area contributed by atoms with Gasteiger partial charge in [0.25, 0.3) is 0 Å². The smallest absolute Gasteiger partial charge is 0.307 e. The fraction of sp³-hybridized carbons (Fsp3) is 0.0556. The van der Waals surface area contributed by atoms with Gasteiger partial charge in [0.05, 0.1) is 8.91 Å². The van der Waals surface area contributed by atoms with Crippen LogP contribution in [0.15, 0.2) is 58.1 Å². The molecular weight excluding hydrogens is 420 g/mol. The Kier molecular flexibility index (Phi) is 4.68. The average Bonchev–Trinajstić information content (AvgIpc) is 2.94. The van der Waals surface area contributed by atoms with Gasteiger partial charge in [-0.05, 0) is 74.2 Å². The number of aromatic nitrogens is 1. The summed E-state index contributed by atoms with van der Waals surface area (Å²) < 4.78 is 2.44. The number of nitrogens with zero attached hydrogens (tertiary/aromatic N) is 1. The Balaban J connectivity index is 1.96. The molecule has 0 aliphatic heterocycles. The average molecular weight is 434 g/mol. The maximum absolute atomic E-state index is 12.6. The number of amides is 1. The van der Waals surface area contributed by atoms with E-state index in [0.717, 1.165) is 31.1 Å². The minimum atomic E-state index is -0.183. The molecular formula is C18H14Br2N2O. The number of anilines is 1. The van der Waals surface area contributed by atoms with Crippen LogP contribution >= 0.6 is 31.9 Å². The molecule has 3 rings (SSSR count). The number of aryl methyl sites for hydroxylation is 1. The number of hydrogen-bond donors (Lipinski definition) is 1. The Bertz CT molecular complexity index is 908. The summed E-state index contributed by atoms with van der Waals surface area (Å²) >= 11 is 6.70. The van der Waals surface area contributed by atoms with Crippen molar-refractivity contribution >= 4 is 60.6 Å². The van der Waals surface area contributed by atoms with Crippen molar-refractivity contribution < 1.29 is 4.79 Å². The summed E-state index contributed by atoms with van der Waals surface area (Å²) in [7, 11) is 0. The van der Waals surface area contributed by atoms with Crippen molar-refractivity contribution in [3.8, 4) is 0 Å². The Morgan fingerprint density at radius 1 is 1.09 bits per heavy atom. The van der Waals surface area contributed by atoms with Crippen LogP contribution in [-0.4, -0.2) is 10.6 Å². The van der Waals surface area contributed by atoms with Crippen LogP contribution in [0.3, 0.4) is 0 Å². The van der Waals surface area contributed by atoms with Gasteiger partial charge in [-0.1, -0.05) is 30.3 Å². The summed E-state index contributed by atoms with van der Waals surface area (Å²) in [6.45, 7) is 2.04. The molecule has 3 aromatic rings. The molecule has 5 heteroatoms. The fourth-order valence-corrected chi connectivity index (χ4v) is 3.02. The van der Waals surface area contributed by atoms with E-state index in [9.17, 15) is 4.79 Å². The molecule has 1 heterocycles. The highest BCUT2D eigenvalue weighted by atomic mass is 79.9. The second kappa shape index (κ2) is 6.72. The van der Waals surface area contributed by atoms with E-state index in [1.807, 2.05) is 61.5 Å². The van der Waals surface area contributed by atoms with E-state index in [1.54, 1.807) is 10.8 Å². The van der Waals surface area contributed by atoms with E-state index in [-0.39, 0.29) is 6.03 Å². The van der Waals surface area contributed by atoms with E-state index in [2.05, 4.69) is 37.2 Å². The van der Waals surface area contributed by atoms with Crippen molar-refractivity contribution in [2.45, 2.75) is 6.92 Å². The Morgan fingerprint density at radius 3 is 2.65 bits per heavy atom. The van der Waals surface area contributed by atoms with Gasteiger partial charge in [0.1, 0.15) is 0 Å². The van der Waals surface area contributed by atoms with E-state index in [0.29, 0.717) is 0 Å². The zero-order chi connectivity index (χ0) is 16.4. The van der Waals surface area contributed by atoms with Crippen LogP contribution in [0.5, 0.6) is 0 Å². The topological polar surface area (TPSA) is 34.0 Å². The first-order chi connectivity index (χ1) is 11.1. The zero-order valence-electron chi connectivity index (χ0n) is 12.4. The first-order valence-corrected chi connectivity index (χ1v) is 8.64. The monoisotopic (exact) mass is 432 g/mol. The van der Waals surface area contributed by atoms with Crippen LogP contribution < -0.4 is 5.32 Å². The summed E-state index contributed by atoms with van der Waals surface area (Å²) in [5.41, 5.74) is 3.72. The molecule has 0 unspecified atom stereocenters. The minimum Gasteiger partial charge on any atom is -0.307 e. The third kappa shape index (κ3) is 3.41. The van der Waals surface area contributed by atoms with Gasteiger partial charge in [-0.3, -0.25) is 4.57 Å². The molecule has 0 saturated heterocycles. The highest BCUT2D eigenvalue weighted by Gasteiger charge is 2.11. The highest BCUT2D eigenvalue weighted by Crippen LogP contribution is 2.25. The van der Waals surface area contributed by atoms with Gasteiger partial charge in [-0.25, -0.2) is 4.79 Å². The first-order valence-electron chi connectivity index (χ1n) is 7.06. The number of halogens is 2. The van der Waals surface area contributed by atoms with Crippen LogP contribution in [0.25, 0.3) is 17.0 Å². The number of benzene rings is 2. The number of carbonyl (C=O) groups excluding carboxylic acids is 1. The second-order valence-corrected chi connectivity index (χ2v) is 7.92. The third-order valence-corrected chi connectivity index (χ3v) is 4.09. The molecule has 1 aromatic heterocycles. The maximum Gasteiger partial charge on any atom is 0.330 e. The summed E-state index contributed by atoms with van der Waals surface area (Å²) in [6, 6.07) is 15.4. The Hall–Kier alpha value is -1.85. The van der Waals surface area contributed by atoms with Gasteiger partial charge in [-0.2, -0.15) is 0 Å². The van der Waals surface area contributed by atoms with Gasteiger partial charge >= 0.3 is 6.03 Å². The lowest BCUT2D eigenvalue weighted by atomic mass is 10.1. The van der Waals surface area contributed by atoms with Crippen molar-refractivity contribution in [2.75, 3.05) is 5.32 Å². The van der Waals surface area contributed by atoms with Crippen LogP contribution in [0.2, 0.25) is 0 Å². The highest BCUT2D eigenvalue weighted by molar-refractivity contribution is 9.28. The number of nitrogens with one attached hydrogen (secondary N) is 1. The van der Waals surface area contributed by atoms with E-state index in [1.165, 1.54) is 0 Å². The molecule has 1 N–H and O–H groups in total. The van der Waals surface area contributed by atoms with Crippen LogP contribution in [0.1, 0.15) is 11.1 Å². The summed E-state index contributed by atoms with van der Waals surface area (Å²) in [6.07, 6.45) is 3.69. The van der Waals surface area contributed by atoms with Crippen molar-refractivity contribution in [2.24, 2.45) is 0 Å². The number of carbonyl (C=O) groups is 1. The quantitative estimate of drug-likeness (QED) is 0.519. The molecule has 0 spiro atoms. The molecule has 0 atom stereocenters. The lowest BCUT2D eigenvalue weighted by molar-refractivity contribution is 0.254. The fourth-order valence-electron chi connectivity index (χ4n) is 2.53. The van der Waals surface area contributed by atoms with Gasteiger partial charge < -0.3 is 5.32 Å². The third-order valence-electron chi connectivity index (χ3n) is 3.64. The van der Waals surface area contributed by atoms with Crippen molar-refractivity contribution in [3.63, 3.8) is 0 Å². The summed E-state index contributed by atoms with van der Waals surface area (Å²) in [4.78, 5) is 12.6. The van der Waals surface area contributed by atoms with Gasteiger partial charge in [0, 0.05) is 17.3 Å². The molecule has 0 aliphatic carbocycles. The predicted molar refractivity (Wildman–Crippen MR) is 103 cm³/mol. The lowest BCUT2D eigenvalue weighted by Crippen LogP contribution is -2.18. The number of rotatable bonds is 2. The van der Waals surface area contributed by atoms with Crippen LogP contribution in [0, 0.1) is 6.92 Å². The van der Waals surface area contributed by atoms with E-state index >= 15 is 0 Å². The number of fused-ring (bicyclic) bond motifs is 1. The number of hydrogen-bond acceptors (Lipinski definition) is 1. The SMILES string of the molecule is Cc1cccc2c1ccn2C(=O)Nc1ccccc1C=C(Br)Br. The molecule has 0 bridgehead atoms. The van der Waals surface area contributed by atoms with Crippen molar-refractivity contribution in [1.29, 1.82) is 0 Å². The van der Waals surface area contributed by atoms with E-state index in [4.69, 9.17) is 0 Å². The number of para-hydroxylation sites is 1. The summed E-state index contributed by atoms with van der Waals surface area (Å²) in [5.74, 6) is 0. The van der Waals surface area contributed by atoms with Crippen molar-refractivity contribution in [1.82, 2.24) is 4.57 Å². The molecule has 0 radical (unpaired) electrons. The molecule has 1 amide bonds. The van der Waals surface area contributed by atoms with Crippen LogP contribution in [0.4, 0.5) is 10.5 Å². The molecule has 2 aromatic carbocycles. The largest absolute Gasteiger partial charge is 0.330 e. The van der Waals surface area contributed by atoms with Crippen molar-refractivity contribution in [3.05, 3.63) is 69.2 Å². The normalized spacial score (nSPS) is 10.6. The van der Waals surface area contributed by atoms with Crippen LogP contribution in [-0.2, 0) is 0 Å².